The zero-order chi connectivity index (χ0) is 17.5. The van der Waals surface area contributed by atoms with Crippen molar-refractivity contribution < 1.29 is 4.79 Å². The van der Waals surface area contributed by atoms with Crippen molar-refractivity contribution in [1.29, 1.82) is 5.26 Å². The van der Waals surface area contributed by atoms with Gasteiger partial charge in [-0.2, -0.15) is 5.26 Å². The molecule has 2 aliphatic rings. The van der Waals surface area contributed by atoms with Crippen molar-refractivity contribution in [3.8, 4) is 6.07 Å². The van der Waals surface area contributed by atoms with E-state index in [1.54, 1.807) is 11.8 Å². The van der Waals surface area contributed by atoms with Crippen molar-refractivity contribution >= 4 is 17.7 Å². The highest BCUT2D eigenvalue weighted by atomic mass is 32.2. The minimum atomic E-state index is -0.0761. The highest BCUT2D eigenvalue weighted by Gasteiger charge is 2.25. The summed E-state index contributed by atoms with van der Waals surface area (Å²) in [6.07, 6.45) is 2.00. The van der Waals surface area contributed by atoms with Gasteiger partial charge in [-0.05, 0) is 18.8 Å². The first-order valence-electron chi connectivity index (χ1n) is 8.70. The summed E-state index contributed by atoms with van der Waals surface area (Å²) in [5, 5.41) is 22.2. The van der Waals surface area contributed by atoms with Crippen LogP contribution in [0.5, 0.6) is 0 Å². The highest BCUT2D eigenvalue weighted by molar-refractivity contribution is 7.99. The predicted octanol–water partition coefficient (Wildman–Crippen LogP) is 1.23. The van der Waals surface area contributed by atoms with E-state index < -0.39 is 0 Å². The summed E-state index contributed by atoms with van der Waals surface area (Å²) in [7, 11) is 0. The lowest BCUT2D eigenvalue weighted by Gasteiger charge is -2.42. The molecule has 0 aliphatic carbocycles. The smallest absolute Gasteiger partial charge is 0.222 e. The van der Waals surface area contributed by atoms with Gasteiger partial charge in [0, 0.05) is 50.3 Å². The van der Waals surface area contributed by atoms with Crippen molar-refractivity contribution in [1.82, 2.24) is 20.4 Å². The lowest BCUT2D eigenvalue weighted by Crippen LogP contribution is -2.50. The number of hydroxylamine groups is 1. The molecule has 0 radical (unpaired) electrons. The molecule has 2 heterocycles. The van der Waals surface area contributed by atoms with Crippen LogP contribution in [0.15, 0.2) is 0 Å². The van der Waals surface area contributed by atoms with E-state index in [2.05, 4.69) is 16.4 Å². The van der Waals surface area contributed by atoms with Crippen molar-refractivity contribution in [2.45, 2.75) is 45.2 Å². The fourth-order valence-corrected chi connectivity index (χ4v) is 4.23. The van der Waals surface area contributed by atoms with Crippen molar-refractivity contribution in [3.63, 3.8) is 0 Å². The molecule has 7 nitrogen and oxygen atoms in total. The Labute approximate surface area is 148 Å². The van der Waals surface area contributed by atoms with E-state index in [9.17, 15) is 10.0 Å². The minimum absolute atomic E-state index is 0.0351. The third-order valence-corrected chi connectivity index (χ3v) is 5.59. The van der Waals surface area contributed by atoms with Crippen LogP contribution in [0.25, 0.3) is 0 Å². The number of rotatable bonds is 7. The second-order valence-electron chi connectivity index (χ2n) is 6.90. The molecular weight excluding hydrogens is 326 g/mol. The average Bonchev–Trinajstić information content (AvgIpc) is 3.01. The molecule has 2 saturated heterocycles. The molecule has 136 valence electrons. The number of carbonyl (C=O) groups excluding carboxylic acids is 1. The number of amides is 1. The molecule has 0 saturated carbocycles. The van der Waals surface area contributed by atoms with Crippen molar-refractivity contribution in [2.75, 3.05) is 37.8 Å². The van der Waals surface area contributed by atoms with E-state index in [4.69, 9.17) is 5.26 Å². The van der Waals surface area contributed by atoms with Gasteiger partial charge in [0.05, 0.1) is 6.07 Å². The van der Waals surface area contributed by atoms with E-state index in [1.165, 1.54) is 0 Å². The lowest BCUT2D eigenvalue weighted by molar-refractivity contribution is -0.133. The number of nitriles is 1. The van der Waals surface area contributed by atoms with Gasteiger partial charge in [-0.3, -0.25) is 15.1 Å². The Bertz CT molecular complexity index is 448. The first-order chi connectivity index (χ1) is 11.5. The molecule has 2 fully saturated rings. The quantitative estimate of drug-likeness (QED) is 0.688. The summed E-state index contributed by atoms with van der Waals surface area (Å²) < 4.78 is 0. The van der Waals surface area contributed by atoms with Crippen LogP contribution >= 0.6 is 11.8 Å². The van der Waals surface area contributed by atoms with Crippen LogP contribution in [0.4, 0.5) is 0 Å². The summed E-state index contributed by atoms with van der Waals surface area (Å²) in [5.41, 5.74) is 2.91. The summed E-state index contributed by atoms with van der Waals surface area (Å²) in [5.74, 6) is 2.27. The predicted molar refractivity (Wildman–Crippen MR) is 95.7 cm³/mol. The molecule has 1 N–H and O–H groups in total. The van der Waals surface area contributed by atoms with Gasteiger partial charge in [0.1, 0.15) is 6.04 Å². The van der Waals surface area contributed by atoms with Gasteiger partial charge in [-0.15, -0.1) is 11.8 Å². The average molecular weight is 355 g/mol. The summed E-state index contributed by atoms with van der Waals surface area (Å²) in [4.78, 5) is 16.0. The van der Waals surface area contributed by atoms with Gasteiger partial charge in [-0.1, -0.05) is 13.8 Å². The molecule has 2 rings (SSSR count). The second-order valence-corrected chi connectivity index (χ2v) is 7.90. The third kappa shape index (κ3) is 5.60. The van der Waals surface area contributed by atoms with E-state index in [0.717, 1.165) is 16.8 Å². The molecule has 1 unspecified atom stereocenters. The standard InChI is InChI=1S/C16H28N5O2S/c1-13(2)9-16(22)19-6-3-14(4-7-19)21(23)18-5-8-20-12-24-11-15(20)10-17/h13-15,18H,3-9,11-12H2,1-2H3/q-1. The number of piperidine rings is 1. The van der Waals surface area contributed by atoms with Gasteiger partial charge in [0.2, 0.25) is 5.91 Å². The van der Waals surface area contributed by atoms with Gasteiger partial charge < -0.3 is 15.3 Å². The van der Waals surface area contributed by atoms with Crippen LogP contribution in [0, 0.1) is 22.5 Å². The number of hydrogen-bond acceptors (Lipinski definition) is 7. The lowest BCUT2D eigenvalue weighted by atomic mass is 10.0. The number of likely N-dealkylation sites (tertiary alicyclic amines) is 1. The Morgan fingerprint density at radius 3 is 2.79 bits per heavy atom. The molecule has 0 spiro atoms. The normalized spacial score (nSPS) is 23.2. The van der Waals surface area contributed by atoms with E-state index >= 15 is 0 Å². The maximum absolute atomic E-state index is 12.2. The number of thioether (sulfide) groups is 1. The Kier molecular flexibility index (Phi) is 7.78. The van der Waals surface area contributed by atoms with Gasteiger partial charge >= 0.3 is 0 Å². The van der Waals surface area contributed by atoms with E-state index in [1.807, 2.05) is 18.7 Å². The van der Waals surface area contributed by atoms with Crippen LogP contribution in [0.2, 0.25) is 0 Å². The zero-order valence-corrected chi connectivity index (χ0v) is 15.4. The summed E-state index contributed by atoms with van der Waals surface area (Å²) in [6, 6.07) is 2.18. The molecule has 1 amide bonds. The van der Waals surface area contributed by atoms with Crippen LogP contribution in [0.3, 0.4) is 0 Å². The number of nitrogens with zero attached hydrogens (tertiary/aromatic N) is 4. The fourth-order valence-electron chi connectivity index (χ4n) is 3.08. The molecule has 0 aromatic heterocycles. The number of hydrazine groups is 1. The topological polar surface area (TPSA) is 85.7 Å². The van der Waals surface area contributed by atoms with Crippen LogP contribution in [-0.4, -0.2) is 70.8 Å². The van der Waals surface area contributed by atoms with Gasteiger partial charge in [0.15, 0.2) is 0 Å². The Morgan fingerprint density at radius 2 is 2.17 bits per heavy atom. The maximum Gasteiger partial charge on any atom is 0.222 e. The molecule has 0 aromatic carbocycles. The first kappa shape index (κ1) is 19.5. The number of nitrogens with one attached hydrogen (secondary N) is 1. The van der Waals surface area contributed by atoms with Crippen molar-refractivity contribution in [2.24, 2.45) is 5.92 Å². The molecule has 0 bridgehead atoms. The Balaban J connectivity index is 1.65. The van der Waals surface area contributed by atoms with Crippen LogP contribution in [0.1, 0.15) is 33.1 Å². The molecule has 1 atom stereocenters. The largest absolute Gasteiger partial charge is 0.771 e. The van der Waals surface area contributed by atoms with Crippen LogP contribution in [-0.2, 0) is 4.79 Å². The molecule has 0 aromatic rings. The SMILES string of the molecule is CC(C)CC(=O)N1CCC(N([O-])NCCN2CSCC2C#N)CC1. The maximum atomic E-state index is 12.2. The molecule has 2 aliphatic heterocycles. The third-order valence-electron chi connectivity index (χ3n) is 4.52. The Hall–Kier alpha value is -0.850. The highest BCUT2D eigenvalue weighted by Crippen LogP contribution is 2.19. The summed E-state index contributed by atoms with van der Waals surface area (Å²) >= 11 is 1.76. The first-order valence-corrected chi connectivity index (χ1v) is 9.85. The van der Waals surface area contributed by atoms with E-state index in [-0.39, 0.29) is 18.0 Å². The zero-order valence-electron chi connectivity index (χ0n) is 14.6. The van der Waals surface area contributed by atoms with Gasteiger partial charge in [0.25, 0.3) is 0 Å². The molecule has 8 heteroatoms. The number of carbonyl (C=O) groups is 1. The van der Waals surface area contributed by atoms with Crippen molar-refractivity contribution in [3.05, 3.63) is 5.21 Å². The monoisotopic (exact) mass is 354 g/mol. The molecular formula is C16H28N5O2S-. The van der Waals surface area contributed by atoms with Gasteiger partial charge in [-0.25, -0.2) is 0 Å². The summed E-state index contributed by atoms with van der Waals surface area (Å²) in [6.45, 7) is 6.67. The fraction of sp³-hybridized carbons (Fsp3) is 0.875. The minimum Gasteiger partial charge on any atom is -0.771 e. The van der Waals surface area contributed by atoms with Crippen LogP contribution < -0.4 is 5.43 Å². The Morgan fingerprint density at radius 1 is 1.46 bits per heavy atom. The molecule has 24 heavy (non-hydrogen) atoms. The number of hydrogen-bond donors (Lipinski definition) is 1. The second kappa shape index (κ2) is 9.59. The van der Waals surface area contributed by atoms with E-state index in [0.29, 0.717) is 51.4 Å².